The van der Waals surface area contributed by atoms with Crippen molar-refractivity contribution >= 4 is 17.9 Å². The molecule has 0 aliphatic rings. The van der Waals surface area contributed by atoms with Gasteiger partial charge >= 0.3 is 17.9 Å². The van der Waals surface area contributed by atoms with Crippen LogP contribution in [0, 0.1) is 0 Å². The van der Waals surface area contributed by atoms with Gasteiger partial charge in [-0.1, -0.05) is 254 Å². The Bertz CT molecular complexity index is 1310. The van der Waals surface area contributed by atoms with Gasteiger partial charge in [-0.15, -0.1) is 0 Å². The molecule has 1 atom stereocenters. The predicted molar refractivity (Wildman–Crippen MR) is 302 cm³/mol. The first kappa shape index (κ1) is 66.9. The molecule has 6 heteroatoms. The van der Waals surface area contributed by atoms with E-state index in [0.29, 0.717) is 19.3 Å². The lowest BCUT2D eigenvalue weighted by molar-refractivity contribution is -0.167. The lowest BCUT2D eigenvalue weighted by Crippen LogP contribution is -2.30. The van der Waals surface area contributed by atoms with Crippen LogP contribution >= 0.6 is 0 Å². The first-order valence-corrected chi connectivity index (χ1v) is 30.0. The summed E-state index contributed by atoms with van der Waals surface area (Å²) < 4.78 is 16.9. The normalized spacial score (nSPS) is 12.6. The summed E-state index contributed by atoms with van der Waals surface area (Å²) in [6, 6.07) is 0. The molecular formula is C64H112O6. The smallest absolute Gasteiger partial charge is 0.306 e. The molecule has 70 heavy (non-hydrogen) atoms. The maximum Gasteiger partial charge on any atom is 0.306 e. The number of carbonyl (C=O) groups excluding carboxylic acids is 3. The number of hydrogen-bond donors (Lipinski definition) is 0. The van der Waals surface area contributed by atoms with Gasteiger partial charge in [-0.05, 0) is 96.3 Å². The topological polar surface area (TPSA) is 78.9 Å². The van der Waals surface area contributed by atoms with E-state index in [1.165, 1.54) is 173 Å². The van der Waals surface area contributed by atoms with E-state index >= 15 is 0 Å². The molecule has 0 radical (unpaired) electrons. The van der Waals surface area contributed by atoms with Crippen LogP contribution in [0.2, 0.25) is 0 Å². The Morgan fingerprint density at radius 3 is 0.886 bits per heavy atom. The van der Waals surface area contributed by atoms with Gasteiger partial charge in [-0.3, -0.25) is 14.4 Å². The van der Waals surface area contributed by atoms with E-state index < -0.39 is 6.10 Å². The largest absolute Gasteiger partial charge is 0.462 e. The summed E-state index contributed by atoms with van der Waals surface area (Å²) in [5.41, 5.74) is 0. The van der Waals surface area contributed by atoms with Crippen molar-refractivity contribution in [2.24, 2.45) is 0 Å². The SMILES string of the molecule is CCCCC\C=C/C=C\C=C/C=C\CCCCCCCC(=O)OC(COC(=O)CCCCCCCCC/C=C\CCCCCC)COC(=O)CCCCCCCCC/C=C\CCCCCCCCCC. The van der Waals surface area contributed by atoms with Gasteiger partial charge in [0.25, 0.3) is 0 Å². The third kappa shape index (κ3) is 55.8. The van der Waals surface area contributed by atoms with Gasteiger partial charge in [0.2, 0.25) is 0 Å². The van der Waals surface area contributed by atoms with Gasteiger partial charge in [0.05, 0.1) is 0 Å². The van der Waals surface area contributed by atoms with Gasteiger partial charge in [0.15, 0.2) is 6.10 Å². The molecule has 404 valence electrons. The van der Waals surface area contributed by atoms with E-state index in [0.717, 1.165) is 83.5 Å². The molecular weight excluding hydrogens is 865 g/mol. The van der Waals surface area contributed by atoms with Crippen LogP contribution in [0.5, 0.6) is 0 Å². The monoisotopic (exact) mass is 977 g/mol. The summed E-state index contributed by atoms with van der Waals surface area (Å²) in [6.45, 7) is 6.59. The molecule has 0 aromatic rings. The maximum atomic E-state index is 12.9. The number of ether oxygens (including phenoxy) is 3. The van der Waals surface area contributed by atoms with Crippen LogP contribution in [-0.2, 0) is 28.6 Å². The lowest BCUT2D eigenvalue weighted by Gasteiger charge is -2.18. The quantitative estimate of drug-likeness (QED) is 0.0199. The minimum absolute atomic E-state index is 0.0880. The molecule has 0 amide bonds. The molecule has 0 N–H and O–H groups in total. The zero-order chi connectivity index (χ0) is 50.7. The number of hydrogen-bond acceptors (Lipinski definition) is 6. The Kier molecular flexibility index (Phi) is 55.8. The van der Waals surface area contributed by atoms with E-state index in [1.807, 2.05) is 0 Å². The second-order valence-electron chi connectivity index (χ2n) is 20.0. The Balaban J connectivity index is 4.43. The molecule has 0 saturated carbocycles. The van der Waals surface area contributed by atoms with Crippen LogP contribution in [0.1, 0.15) is 297 Å². The fraction of sp³-hybridized carbons (Fsp3) is 0.766. The summed E-state index contributed by atoms with van der Waals surface area (Å²) >= 11 is 0. The number of unbranched alkanes of at least 4 members (excludes halogenated alkanes) is 34. The molecule has 0 spiro atoms. The average molecular weight is 978 g/mol. The summed E-state index contributed by atoms with van der Waals surface area (Å²) in [5.74, 6) is -0.909. The van der Waals surface area contributed by atoms with Crippen molar-refractivity contribution in [1.29, 1.82) is 0 Å². The molecule has 1 unspecified atom stereocenters. The van der Waals surface area contributed by atoms with Crippen molar-refractivity contribution in [2.75, 3.05) is 13.2 Å². The number of carbonyl (C=O) groups is 3. The Labute approximate surface area is 433 Å². The number of allylic oxidation sites excluding steroid dienone is 12. The molecule has 0 aliphatic heterocycles. The van der Waals surface area contributed by atoms with E-state index in [9.17, 15) is 14.4 Å². The molecule has 0 aliphatic carbocycles. The van der Waals surface area contributed by atoms with Gasteiger partial charge in [0, 0.05) is 19.3 Å². The molecule has 0 bridgehead atoms. The lowest BCUT2D eigenvalue weighted by atomic mass is 10.1. The summed E-state index contributed by atoms with van der Waals surface area (Å²) in [6.07, 6.45) is 74.6. The maximum absolute atomic E-state index is 12.9. The fourth-order valence-electron chi connectivity index (χ4n) is 8.44. The van der Waals surface area contributed by atoms with Crippen LogP contribution in [0.25, 0.3) is 0 Å². The standard InChI is InChI=1S/C64H112O6/c1-4-7-10-13-16-19-22-25-28-30-32-34-36-39-42-45-48-51-54-57-63(66)69-60-61(59-68-62(65)56-53-50-47-44-41-38-35-27-24-21-18-15-12-9-6-3)70-64(67)58-55-52-49-46-43-40-37-33-31-29-26-23-20-17-14-11-8-5-2/h17,20-21,23-24,26,29-33,37,61H,4-16,18-19,22,25,27-28,34-36,38-60H2,1-3H3/b20-17-,24-21-,26-23-,31-29-,32-30-,37-33-. The number of esters is 3. The molecule has 0 fully saturated rings. The first-order valence-electron chi connectivity index (χ1n) is 30.0. The average Bonchev–Trinajstić information content (AvgIpc) is 3.36. The fourth-order valence-corrected chi connectivity index (χ4v) is 8.44. The third-order valence-electron chi connectivity index (χ3n) is 13.0. The van der Waals surface area contributed by atoms with E-state index in [2.05, 4.69) is 93.7 Å². The third-order valence-corrected chi connectivity index (χ3v) is 13.0. The van der Waals surface area contributed by atoms with Gasteiger partial charge < -0.3 is 14.2 Å². The Morgan fingerprint density at radius 2 is 0.529 bits per heavy atom. The summed E-state index contributed by atoms with van der Waals surface area (Å²) in [5, 5.41) is 0. The second kappa shape index (κ2) is 58.4. The highest BCUT2D eigenvalue weighted by atomic mass is 16.6. The van der Waals surface area contributed by atoms with Crippen molar-refractivity contribution in [2.45, 2.75) is 303 Å². The van der Waals surface area contributed by atoms with Crippen molar-refractivity contribution in [3.63, 3.8) is 0 Å². The molecule has 6 nitrogen and oxygen atoms in total. The van der Waals surface area contributed by atoms with Crippen molar-refractivity contribution < 1.29 is 28.6 Å². The Hall–Kier alpha value is -3.15. The van der Waals surface area contributed by atoms with Crippen LogP contribution in [0.3, 0.4) is 0 Å². The van der Waals surface area contributed by atoms with E-state index in [1.54, 1.807) is 0 Å². The van der Waals surface area contributed by atoms with Crippen molar-refractivity contribution in [3.8, 4) is 0 Å². The molecule has 0 rings (SSSR count). The summed E-state index contributed by atoms with van der Waals surface area (Å²) in [7, 11) is 0. The predicted octanol–water partition coefficient (Wildman–Crippen LogP) is 20.2. The minimum Gasteiger partial charge on any atom is -0.462 e. The van der Waals surface area contributed by atoms with Crippen LogP contribution < -0.4 is 0 Å². The Morgan fingerprint density at radius 1 is 0.286 bits per heavy atom. The van der Waals surface area contributed by atoms with Crippen molar-refractivity contribution in [3.05, 3.63) is 72.9 Å². The highest BCUT2D eigenvalue weighted by Gasteiger charge is 2.19. The minimum atomic E-state index is -0.792. The zero-order valence-electron chi connectivity index (χ0n) is 46.3. The molecule has 0 aromatic heterocycles. The van der Waals surface area contributed by atoms with Crippen LogP contribution in [0.15, 0.2) is 72.9 Å². The first-order chi connectivity index (χ1) is 34.5. The highest BCUT2D eigenvalue weighted by Crippen LogP contribution is 2.15. The number of rotatable bonds is 54. The summed E-state index contributed by atoms with van der Waals surface area (Å²) in [4.78, 5) is 38.2. The van der Waals surface area contributed by atoms with Crippen LogP contribution in [0.4, 0.5) is 0 Å². The van der Waals surface area contributed by atoms with E-state index in [4.69, 9.17) is 14.2 Å². The van der Waals surface area contributed by atoms with Gasteiger partial charge in [0.1, 0.15) is 13.2 Å². The highest BCUT2D eigenvalue weighted by molar-refractivity contribution is 5.71. The van der Waals surface area contributed by atoms with E-state index in [-0.39, 0.29) is 31.1 Å². The second-order valence-corrected chi connectivity index (χ2v) is 20.0. The molecule has 0 aromatic carbocycles. The molecule has 0 saturated heterocycles. The van der Waals surface area contributed by atoms with Gasteiger partial charge in [-0.2, -0.15) is 0 Å². The zero-order valence-corrected chi connectivity index (χ0v) is 46.3. The van der Waals surface area contributed by atoms with Crippen LogP contribution in [-0.4, -0.2) is 37.2 Å². The van der Waals surface area contributed by atoms with Gasteiger partial charge in [-0.25, -0.2) is 0 Å². The van der Waals surface area contributed by atoms with Crippen molar-refractivity contribution in [1.82, 2.24) is 0 Å². The molecule has 0 heterocycles.